The number of carbonyl (C=O) groups excluding carboxylic acids is 1. The number of aromatic nitrogens is 2. The Kier molecular flexibility index (Phi) is 4.84. The number of aryl methyl sites for hydroxylation is 1. The van der Waals surface area contributed by atoms with E-state index < -0.39 is 0 Å². The molecule has 2 heterocycles. The van der Waals surface area contributed by atoms with Crippen LogP contribution in [0.25, 0.3) is 0 Å². The molecule has 0 aliphatic carbocycles. The van der Waals surface area contributed by atoms with E-state index in [1.165, 1.54) is 0 Å². The largest absolute Gasteiger partial charge is 0.497 e. The third-order valence-electron chi connectivity index (χ3n) is 4.11. The molecule has 2 aromatic heterocycles. The lowest BCUT2D eigenvalue weighted by Crippen LogP contribution is -2.11. The number of esters is 1. The van der Waals surface area contributed by atoms with Crippen LogP contribution in [0.15, 0.2) is 54.7 Å². The summed E-state index contributed by atoms with van der Waals surface area (Å²) >= 11 is 0. The van der Waals surface area contributed by atoms with Gasteiger partial charge in [0.2, 0.25) is 0 Å². The van der Waals surface area contributed by atoms with Gasteiger partial charge in [0.1, 0.15) is 11.5 Å². The Balaban J connectivity index is 1.80. The molecule has 1 aromatic carbocycles. The van der Waals surface area contributed by atoms with Crippen LogP contribution in [0, 0.1) is 13.8 Å². The summed E-state index contributed by atoms with van der Waals surface area (Å²) in [5.74, 6) is 0.833. The van der Waals surface area contributed by atoms with Crippen molar-refractivity contribution in [1.29, 1.82) is 0 Å². The van der Waals surface area contributed by atoms with Gasteiger partial charge in [-0.1, -0.05) is 6.07 Å². The van der Waals surface area contributed by atoms with Gasteiger partial charge in [0.05, 0.1) is 24.9 Å². The number of hydrogen-bond donors (Lipinski definition) is 0. The van der Waals surface area contributed by atoms with E-state index >= 15 is 0 Å². The van der Waals surface area contributed by atoms with Crippen LogP contribution in [-0.4, -0.2) is 22.6 Å². The van der Waals surface area contributed by atoms with Crippen molar-refractivity contribution < 1.29 is 14.3 Å². The second-order valence-corrected chi connectivity index (χ2v) is 5.76. The van der Waals surface area contributed by atoms with Crippen LogP contribution in [0.3, 0.4) is 0 Å². The zero-order valence-electron chi connectivity index (χ0n) is 14.5. The maximum Gasteiger partial charge on any atom is 0.345 e. The summed E-state index contributed by atoms with van der Waals surface area (Å²) < 4.78 is 12.6. The molecule has 0 aliphatic heterocycles. The molecule has 0 saturated carbocycles. The summed E-state index contributed by atoms with van der Waals surface area (Å²) in [5.41, 5.74) is 3.36. The molecule has 0 atom stereocenters. The van der Waals surface area contributed by atoms with Gasteiger partial charge in [0, 0.05) is 17.6 Å². The predicted molar refractivity (Wildman–Crippen MR) is 95.2 cm³/mol. The number of nitrogens with zero attached hydrogens (tertiary/aromatic N) is 2. The van der Waals surface area contributed by atoms with Gasteiger partial charge < -0.3 is 14.0 Å². The molecule has 25 heavy (non-hydrogen) atoms. The van der Waals surface area contributed by atoms with Crippen molar-refractivity contribution in [3.05, 3.63) is 77.4 Å². The summed E-state index contributed by atoms with van der Waals surface area (Å²) in [4.78, 5) is 16.9. The first-order valence-electron chi connectivity index (χ1n) is 8.01. The normalized spacial score (nSPS) is 10.5. The molecule has 5 heteroatoms. The van der Waals surface area contributed by atoms with E-state index in [1.54, 1.807) is 37.6 Å². The van der Waals surface area contributed by atoms with Gasteiger partial charge in [-0.3, -0.25) is 4.98 Å². The Morgan fingerprint density at radius 1 is 1.08 bits per heavy atom. The van der Waals surface area contributed by atoms with Gasteiger partial charge in [-0.05, 0) is 56.3 Å². The first kappa shape index (κ1) is 16.8. The molecule has 3 rings (SSSR count). The number of benzene rings is 1. The fraction of sp³-hybridized carbons (Fsp3) is 0.200. The van der Waals surface area contributed by atoms with E-state index in [0.717, 1.165) is 17.1 Å². The zero-order chi connectivity index (χ0) is 17.8. The highest BCUT2D eigenvalue weighted by molar-refractivity contribution is 5.92. The quantitative estimate of drug-likeness (QED) is 0.526. The van der Waals surface area contributed by atoms with Crippen molar-refractivity contribution in [2.24, 2.45) is 0 Å². The zero-order valence-corrected chi connectivity index (χ0v) is 14.5. The highest BCUT2D eigenvalue weighted by atomic mass is 16.5. The topological polar surface area (TPSA) is 53.4 Å². The molecule has 0 unspecified atom stereocenters. The van der Waals surface area contributed by atoms with Crippen molar-refractivity contribution in [3.63, 3.8) is 0 Å². The van der Waals surface area contributed by atoms with Crippen molar-refractivity contribution in [2.75, 3.05) is 7.11 Å². The third-order valence-corrected chi connectivity index (χ3v) is 4.11. The van der Waals surface area contributed by atoms with Gasteiger partial charge in [0.25, 0.3) is 0 Å². The standard InChI is InChI=1S/C20H20N2O3/c1-14-12-19(15(2)22(14)13-16-6-4-5-11-21-16)20(23)25-18-9-7-17(24-3)8-10-18/h4-12H,13H2,1-3H3. The summed E-state index contributed by atoms with van der Waals surface area (Å²) in [6.45, 7) is 4.51. The van der Waals surface area contributed by atoms with Crippen LogP contribution in [0.5, 0.6) is 11.5 Å². The number of pyridine rings is 1. The Bertz CT molecular complexity index is 868. The summed E-state index contributed by atoms with van der Waals surface area (Å²) in [5, 5.41) is 0. The third kappa shape index (κ3) is 3.71. The summed E-state index contributed by atoms with van der Waals surface area (Å²) in [6, 6.07) is 14.6. The number of rotatable bonds is 5. The number of hydrogen-bond acceptors (Lipinski definition) is 4. The molecule has 0 fully saturated rings. The second-order valence-electron chi connectivity index (χ2n) is 5.76. The van der Waals surface area contributed by atoms with Gasteiger partial charge in [-0.2, -0.15) is 0 Å². The molecule has 0 radical (unpaired) electrons. The maximum atomic E-state index is 12.5. The molecule has 3 aromatic rings. The highest BCUT2D eigenvalue weighted by Gasteiger charge is 2.18. The first-order valence-corrected chi connectivity index (χ1v) is 8.01. The smallest absolute Gasteiger partial charge is 0.345 e. The first-order chi connectivity index (χ1) is 12.1. The van der Waals surface area contributed by atoms with E-state index in [2.05, 4.69) is 9.55 Å². The Morgan fingerprint density at radius 3 is 2.44 bits per heavy atom. The average Bonchev–Trinajstić information content (AvgIpc) is 2.91. The SMILES string of the molecule is COc1ccc(OC(=O)c2cc(C)n(Cc3ccccn3)c2C)cc1. The van der Waals surface area contributed by atoms with Crippen LogP contribution in [-0.2, 0) is 6.54 Å². The van der Waals surface area contributed by atoms with Crippen molar-refractivity contribution in [1.82, 2.24) is 9.55 Å². The van der Waals surface area contributed by atoms with Crippen molar-refractivity contribution in [2.45, 2.75) is 20.4 Å². The molecule has 0 saturated heterocycles. The van der Waals surface area contributed by atoms with Gasteiger partial charge in [-0.25, -0.2) is 4.79 Å². The van der Waals surface area contributed by atoms with E-state index in [1.807, 2.05) is 38.1 Å². The molecule has 0 N–H and O–H groups in total. The number of methoxy groups -OCH3 is 1. The van der Waals surface area contributed by atoms with E-state index in [0.29, 0.717) is 23.6 Å². The van der Waals surface area contributed by atoms with Crippen molar-refractivity contribution >= 4 is 5.97 Å². The molecule has 0 bridgehead atoms. The van der Waals surface area contributed by atoms with Crippen LogP contribution >= 0.6 is 0 Å². The fourth-order valence-electron chi connectivity index (χ4n) is 2.71. The molecule has 5 nitrogen and oxygen atoms in total. The van der Waals surface area contributed by atoms with E-state index in [9.17, 15) is 4.79 Å². The van der Waals surface area contributed by atoms with Crippen LogP contribution in [0.4, 0.5) is 0 Å². The molecule has 0 spiro atoms. The number of ether oxygens (including phenoxy) is 2. The monoisotopic (exact) mass is 336 g/mol. The molecule has 128 valence electrons. The minimum atomic E-state index is -0.370. The Hall–Kier alpha value is -3.08. The van der Waals surface area contributed by atoms with Gasteiger partial charge in [0.15, 0.2) is 0 Å². The predicted octanol–water partition coefficient (Wildman–Crippen LogP) is 3.78. The molecular weight excluding hydrogens is 316 g/mol. The maximum absolute atomic E-state index is 12.5. The average molecular weight is 336 g/mol. The summed E-state index contributed by atoms with van der Waals surface area (Å²) in [6.07, 6.45) is 1.77. The Labute approximate surface area is 146 Å². The Morgan fingerprint density at radius 2 is 1.80 bits per heavy atom. The fourth-order valence-corrected chi connectivity index (χ4v) is 2.71. The lowest BCUT2D eigenvalue weighted by atomic mass is 10.2. The van der Waals surface area contributed by atoms with Gasteiger partial charge in [-0.15, -0.1) is 0 Å². The minimum Gasteiger partial charge on any atom is -0.497 e. The molecule has 0 aliphatic rings. The molecule has 0 amide bonds. The van der Waals surface area contributed by atoms with Gasteiger partial charge >= 0.3 is 5.97 Å². The lowest BCUT2D eigenvalue weighted by Gasteiger charge is -2.09. The lowest BCUT2D eigenvalue weighted by molar-refractivity contribution is 0.0733. The molecular formula is C20H20N2O3. The highest BCUT2D eigenvalue weighted by Crippen LogP contribution is 2.21. The minimum absolute atomic E-state index is 0.370. The van der Waals surface area contributed by atoms with E-state index in [-0.39, 0.29) is 5.97 Å². The van der Waals surface area contributed by atoms with Crippen LogP contribution < -0.4 is 9.47 Å². The number of carbonyl (C=O) groups is 1. The van der Waals surface area contributed by atoms with E-state index in [4.69, 9.17) is 9.47 Å². The van der Waals surface area contributed by atoms with Crippen LogP contribution in [0.1, 0.15) is 27.4 Å². The second kappa shape index (κ2) is 7.21. The van der Waals surface area contributed by atoms with Crippen molar-refractivity contribution in [3.8, 4) is 11.5 Å². The van der Waals surface area contributed by atoms with Crippen LogP contribution in [0.2, 0.25) is 0 Å². The summed E-state index contributed by atoms with van der Waals surface area (Å²) in [7, 11) is 1.59.